The topological polar surface area (TPSA) is 55.6 Å². The second-order valence-electron chi connectivity index (χ2n) is 4.37. The summed E-state index contributed by atoms with van der Waals surface area (Å²) >= 11 is 3.18. The normalized spacial score (nSPS) is 10.6. The lowest BCUT2D eigenvalue weighted by molar-refractivity contribution is 0.620. The molecule has 3 rings (SSSR count). The molecule has 21 heavy (non-hydrogen) atoms. The molecule has 0 spiro atoms. The van der Waals surface area contributed by atoms with Gasteiger partial charge < -0.3 is 5.32 Å². The van der Waals surface area contributed by atoms with Gasteiger partial charge in [0.05, 0.1) is 15.8 Å². The van der Waals surface area contributed by atoms with Gasteiger partial charge in [-0.2, -0.15) is 4.68 Å². The molecule has 0 aliphatic carbocycles. The van der Waals surface area contributed by atoms with Crippen molar-refractivity contribution in [2.45, 2.75) is 6.54 Å². The summed E-state index contributed by atoms with van der Waals surface area (Å²) in [4.78, 5) is 0. The summed E-state index contributed by atoms with van der Waals surface area (Å²) in [7, 11) is 0. The maximum atomic E-state index is 13.2. The third-order valence-electron chi connectivity index (χ3n) is 2.97. The van der Waals surface area contributed by atoms with E-state index in [1.807, 2.05) is 24.3 Å². The summed E-state index contributed by atoms with van der Waals surface area (Å²) in [6.07, 6.45) is 1.54. The first-order valence-electron chi connectivity index (χ1n) is 6.24. The number of rotatable bonds is 4. The monoisotopic (exact) mass is 347 g/mol. The van der Waals surface area contributed by atoms with E-state index in [1.165, 1.54) is 12.4 Å². The molecule has 0 aliphatic rings. The maximum absolute atomic E-state index is 13.2. The number of nitrogens with zero attached hydrogens (tertiary/aromatic N) is 4. The molecule has 1 N–H and O–H groups in total. The second kappa shape index (κ2) is 6.01. The van der Waals surface area contributed by atoms with Crippen molar-refractivity contribution in [3.05, 3.63) is 64.6 Å². The number of hydrogen-bond acceptors (Lipinski definition) is 4. The Balaban J connectivity index is 1.81. The van der Waals surface area contributed by atoms with Crippen LogP contribution in [0.5, 0.6) is 0 Å². The lowest BCUT2D eigenvalue weighted by atomic mass is 10.2. The number of halogens is 2. The third kappa shape index (κ3) is 3.08. The highest BCUT2D eigenvalue weighted by Crippen LogP contribution is 2.21. The third-order valence-corrected chi connectivity index (χ3v) is 3.57. The number of hydrogen-bond donors (Lipinski definition) is 1. The molecule has 0 fully saturated rings. The van der Waals surface area contributed by atoms with Gasteiger partial charge in [-0.1, -0.05) is 18.2 Å². The Morgan fingerprint density at radius 1 is 1.19 bits per heavy atom. The van der Waals surface area contributed by atoms with Crippen molar-refractivity contribution < 1.29 is 4.39 Å². The van der Waals surface area contributed by atoms with Gasteiger partial charge in [-0.05, 0) is 56.2 Å². The van der Waals surface area contributed by atoms with Crippen LogP contribution in [0.15, 0.2) is 53.3 Å². The molecule has 106 valence electrons. The van der Waals surface area contributed by atoms with Crippen molar-refractivity contribution >= 4 is 21.6 Å². The van der Waals surface area contributed by atoms with Crippen LogP contribution in [0.25, 0.3) is 5.69 Å². The lowest BCUT2D eigenvalue weighted by Crippen LogP contribution is -2.05. The highest BCUT2D eigenvalue weighted by molar-refractivity contribution is 9.10. The van der Waals surface area contributed by atoms with Crippen molar-refractivity contribution in [2.75, 3.05) is 5.32 Å². The molecule has 1 heterocycles. The minimum Gasteiger partial charge on any atom is -0.379 e. The van der Waals surface area contributed by atoms with Crippen molar-refractivity contribution in [1.29, 1.82) is 0 Å². The van der Waals surface area contributed by atoms with E-state index in [0.717, 1.165) is 16.9 Å². The van der Waals surface area contributed by atoms with Crippen LogP contribution in [-0.4, -0.2) is 20.2 Å². The molecule has 7 heteroatoms. The van der Waals surface area contributed by atoms with Crippen molar-refractivity contribution in [1.82, 2.24) is 20.2 Å². The smallest absolute Gasteiger partial charge is 0.143 e. The predicted molar refractivity (Wildman–Crippen MR) is 80.6 cm³/mol. The van der Waals surface area contributed by atoms with E-state index in [1.54, 1.807) is 16.8 Å². The molecule has 0 saturated heterocycles. The van der Waals surface area contributed by atoms with Crippen LogP contribution in [0.4, 0.5) is 10.1 Å². The Kier molecular flexibility index (Phi) is 3.92. The Morgan fingerprint density at radius 3 is 2.81 bits per heavy atom. The fraction of sp³-hybridized carbons (Fsp3) is 0.0714. The fourth-order valence-corrected chi connectivity index (χ4v) is 2.37. The standard InChI is InChI=1S/C14H11BrFN5/c15-11-7-10(5-6-12(11)16)8-17-13-3-1-2-4-14(13)21-9-18-19-20-21/h1-7,9,17H,8H2. The molecule has 0 atom stereocenters. The van der Waals surface area contributed by atoms with Gasteiger partial charge in [-0.3, -0.25) is 0 Å². The molecule has 0 aliphatic heterocycles. The molecule has 3 aromatic rings. The Labute approximate surface area is 128 Å². The first-order valence-corrected chi connectivity index (χ1v) is 7.03. The van der Waals surface area contributed by atoms with Gasteiger partial charge in [0.25, 0.3) is 0 Å². The molecule has 0 bridgehead atoms. The van der Waals surface area contributed by atoms with E-state index in [-0.39, 0.29) is 5.82 Å². The summed E-state index contributed by atoms with van der Waals surface area (Å²) < 4.78 is 15.3. The minimum atomic E-state index is -0.271. The summed E-state index contributed by atoms with van der Waals surface area (Å²) in [6.45, 7) is 0.567. The molecule has 5 nitrogen and oxygen atoms in total. The van der Waals surface area contributed by atoms with Gasteiger partial charge in [0.2, 0.25) is 0 Å². The van der Waals surface area contributed by atoms with E-state index < -0.39 is 0 Å². The maximum Gasteiger partial charge on any atom is 0.143 e. The number of tetrazole rings is 1. The molecular weight excluding hydrogens is 337 g/mol. The van der Waals surface area contributed by atoms with Crippen molar-refractivity contribution in [3.8, 4) is 5.69 Å². The van der Waals surface area contributed by atoms with Gasteiger partial charge in [-0.15, -0.1) is 5.10 Å². The van der Waals surface area contributed by atoms with Crippen LogP contribution in [0, 0.1) is 5.82 Å². The number of benzene rings is 2. The van der Waals surface area contributed by atoms with Crippen LogP contribution in [0.2, 0.25) is 0 Å². The number of nitrogens with one attached hydrogen (secondary N) is 1. The van der Waals surface area contributed by atoms with Gasteiger partial charge in [0.15, 0.2) is 0 Å². The first-order chi connectivity index (χ1) is 10.2. The zero-order valence-electron chi connectivity index (χ0n) is 10.9. The Bertz CT molecular complexity index is 745. The van der Waals surface area contributed by atoms with E-state index in [2.05, 4.69) is 36.8 Å². The van der Waals surface area contributed by atoms with Crippen LogP contribution in [0.1, 0.15) is 5.56 Å². The van der Waals surface area contributed by atoms with Crippen molar-refractivity contribution in [2.24, 2.45) is 0 Å². The second-order valence-corrected chi connectivity index (χ2v) is 5.23. The molecule has 2 aromatic carbocycles. The quantitative estimate of drug-likeness (QED) is 0.787. The summed E-state index contributed by atoms with van der Waals surface area (Å²) in [5, 5.41) is 14.5. The van der Waals surface area contributed by atoms with Crippen LogP contribution < -0.4 is 5.32 Å². The minimum absolute atomic E-state index is 0.271. The molecule has 0 radical (unpaired) electrons. The highest BCUT2D eigenvalue weighted by Gasteiger charge is 2.06. The molecule has 0 saturated carbocycles. The zero-order chi connectivity index (χ0) is 14.7. The summed E-state index contributed by atoms with van der Waals surface area (Å²) in [5.74, 6) is -0.271. The summed E-state index contributed by atoms with van der Waals surface area (Å²) in [6, 6.07) is 12.6. The van der Waals surface area contributed by atoms with E-state index in [0.29, 0.717) is 11.0 Å². The zero-order valence-corrected chi connectivity index (χ0v) is 12.5. The van der Waals surface area contributed by atoms with Crippen LogP contribution in [0.3, 0.4) is 0 Å². The molecule has 1 aromatic heterocycles. The average Bonchev–Trinajstić information content (AvgIpc) is 3.03. The number of anilines is 1. The SMILES string of the molecule is Fc1ccc(CNc2ccccc2-n2cnnn2)cc1Br. The highest BCUT2D eigenvalue weighted by atomic mass is 79.9. The van der Waals surface area contributed by atoms with Crippen molar-refractivity contribution in [3.63, 3.8) is 0 Å². The summed E-state index contributed by atoms with van der Waals surface area (Å²) in [5.41, 5.74) is 2.71. The Hall–Kier alpha value is -2.28. The van der Waals surface area contributed by atoms with Gasteiger partial charge in [0.1, 0.15) is 12.1 Å². The van der Waals surface area contributed by atoms with Gasteiger partial charge in [-0.25, -0.2) is 4.39 Å². The van der Waals surface area contributed by atoms with E-state index in [9.17, 15) is 4.39 Å². The van der Waals surface area contributed by atoms with E-state index >= 15 is 0 Å². The van der Waals surface area contributed by atoms with Crippen LogP contribution in [-0.2, 0) is 6.54 Å². The Morgan fingerprint density at radius 2 is 2.05 bits per heavy atom. The number of para-hydroxylation sites is 2. The molecular formula is C14H11BrFN5. The first kappa shape index (κ1) is 13.7. The average molecular weight is 348 g/mol. The number of aromatic nitrogens is 4. The lowest BCUT2D eigenvalue weighted by Gasteiger charge is -2.11. The fourth-order valence-electron chi connectivity index (χ4n) is 1.94. The molecule has 0 amide bonds. The van der Waals surface area contributed by atoms with E-state index in [4.69, 9.17) is 0 Å². The van der Waals surface area contributed by atoms with Gasteiger partial charge in [0, 0.05) is 6.54 Å². The van der Waals surface area contributed by atoms with Crippen LogP contribution >= 0.6 is 15.9 Å². The predicted octanol–water partition coefficient (Wildman–Crippen LogP) is 3.18. The largest absolute Gasteiger partial charge is 0.379 e. The van der Waals surface area contributed by atoms with Gasteiger partial charge >= 0.3 is 0 Å². The molecule has 0 unspecified atom stereocenters.